The normalized spacial score (nSPS) is 11.4. The first-order valence-corrected chi connectivity index (χ1v) is 14.7. The molecular formula is C30H47P. The van der Waals surface area contributed by atoms with Crippen LogP contribution in [0.1, 0.15) is 108 Å². The quantitative estimate of drug-likeness (QED) is 0.244. The van der Waals surface area contributed by atoms with Gasteiger partial charge >= 0.3 is 0 Å². The Labute approximate surface area is 195 Å². The van der Waals surface area contributed by atoms with E-state index in [1.165, 1.54) is 83.2 Å². The van der Waals surface area contributed by atoms with Crippen molar-refractivity contribution in [2.75, 3.05) is 6.16 Å². The monoisotopic (exact) mass is 438 g/mol. The third-order valence-electron chi connectivity index (χ3n) is 6.55. The van der Waals surface area contributed by atoms with Crippen molar-refractivity contribution in [2.24, 2.45) is 0 Å². The molecule has 0 aliphatic carbocycles. The fraction of sp³-hybridized carbons (Fsp3) is 0.600. The highest BCUT2D eigenvalue weighted by atomic mass is 31.1. The second-order valence-electron chi connectivity index (χ2n) is 8.99. The minimum absolute atomic E-state index is 0.286. The molecular weight excluding hydrogens is 391 g/mol. The summed E-state index contributed by atoms with van der Waals surface area (Å²) in [5.74, 6) is 0. The van der Waals surface area contributed by atoms with E-state index in [9.17, 15) is 0 Å². The Hall–Kier alpha value is -1.13. The summed E-state index contributed by atoms with van der Waals surface area (Å²) in [5, 5.41) is 3.37. The predicted molar refractivity (Wildman–Crippen MR) is 144 cm³/mol. The van der Waals surface area contributed by atoms with Gasteiger partial charge in [0.2, 0.25) is 0 Å². The summed E-state index contributed by atoms with van der Waals surface area (Å²) in [6.45, 7) is 11.7. The van der Waals surface area contributed by atoms with Gasteiger partial charge < -0.3 is 0 Å². The molecule has 172 valence electrons. The Kier molecular flexibility index (Phi) is 12.5. The van der Waals surface area contributed by atoms with Crippen LogP contribution in [-0.4, -0.2) is 6.16 Å². The zero-order valence-corrected chi connectivity index (χ0v) is 22.0. The van der Waals surface area contributed by atoms with E-state index in [0.29, 0.717) is 0 Å². The molecule has 2 aromatic rings. The summed E-state index contributed by atoms with van der Waals surface area (Å²) in [7, 11) is -0.286. The van der Waals surface area contributed by atoms with Gasteiger partial charge in [-0.3, -0.25) is 0 Å². The second kappa shape index (κ2) is 14.8. The van der Waals surface area contributed by atoms with Crippen LogP contribution in [0, 0.1) is 0 Å². The molecule has 0 amide bonds. The van der Waals surface area contributed by atoms with Crippen LogP contribution in [0.15, 0.2) is 36.4 Å². The van der Waals surface area contributed by atoms with Gasteiger partial charge in [0.05, 0.1) is 0 Å². The summed E-state index contributed by atoms with van der Waals surface area (Å²) in [5.41, 5.74) is 6.66. The molecule has 2 aromatic carbocycles. The van der Waals surface area contributed by atoms with E-state index in [1.54, 1.807) is 32.9 Å². The largest absolute Gasteiger partial charge is 0.0654 e. The first-order chi connectivity index (χ1) is 15.2. The van der Waals surface area contributed by atoms with Crippen LogP contribution in [-0.2, 0) is 25.7 Å². The molecule has 0 N–H and O–H groups in total. The van der Waals surface area contributed by atoms with E-state index in [4.69, 9.17) is 0 Å². The van der Waals surface area contributed by atoms with Crippen molar-refractivity contribution < 1.29 is 0 Å². The highest BCUT2D eigenvalue weighted by molar-refractivity contribution is 7.73. The summed E-state index contributed by atoms with van der Waals surface area (Å²) in [6, 6.07) is 14.5. The minimum Gasteiger partial charge on any atom is -0.0654 e. The summed E-state index contributed by atoms with van der Waals surface area (Å²) in [4.78, 5) is 0. The average Bonchev–Trinajstić information content (AvgIpc) is 2.80. The van der Waals surface area contributed by atoms with Crippen LogP contribution in [0.25, 0.3) is 0 Å². The zero-order valence-electron chi connectivity index (χ0n) is 21.1. The van der Waals surface area contributed by atoms with Gasteiger partial charge in [-0.1, -0.05) is 96.7 Å². The van der Waals surface area contributed by atoms with E-state index in [2.05, 4.69) is 71.0 Å². The van der Waals surface area contributed by atoms with Crippen LogP contribution in [0.5, 0.6) is 0 Å². The summed E-state index contributed by atoms with van der Waals surface area (Å²) in [6.07, 6.45) is 16.6. The second-order valence-corrected chi connectivity index (χ2v) is 11.4. The molecule has 1 heteroatoms. The molecule has 0 nitrogen and oxygen atoms in total. The molecule has 0 radical (unpaired) electrons. The Bertz CT molecular complexity index is 698. The van der Waals surface area contributed by atoms with Gasteiger partial charge in [0, 0.05) is 0 Å². The standard InChI is InChI=1S/C30H47P/c1-6-11-17-25-19-15-23-29(27(25)21-13-8-3)31(10-5)30-24-16-20-26(18-12-7-2)28(30)22-14-9-4/h15-16,19-20,23-24H,6-14,17-18,21-22H2,1-5H3. The molecule has 0 heterocycles. The molecule has 0 fully saturated rings. The van der Waals surface area contributed by atoms with Crippen molar-refractivity contribution in [1.82, 2.24) is 0 Å². The molecule has 31 heavy (non-hydrogen) atoms. The van der Waals surface area contributed by atoms with E-state index in [1.807, 2.05) is 0 Å². The third kappa shape index (κ3) is 7.46. The van der Waals surface area contributed by atoms with E-state index >= 15 is 0 Å². The molecule has 0 aliphatic rings. The molecule has 0 aromatic heterocycles. The Morgan fingerprint density at radius 2 is 0.903 bits per heavy atom. The smallest absolute Gasteiger partial charge is 0.0161 e. The van der Waals surface area contributed by atoms with Crippen molar-refractivity contribution in [3.63, 3.8) is 0 Å². The minimum atomic E-state index is -0.286. The molecule has 0 unspecified atom stereocenters. The highest BCUT2D eigenvalue weighted by Crippen LogP contribution is 2.38. The third-order valence-corrected chi connectivity index (χ3v) is 9.19. The van der Waals surface area contributed by atoms with Gasteiger partial charge in [-0.15, -0.1) is 0 Å². The first kappa shape index (κ1) is 26.1. The first-order valence-electron chi connectivity index (χ1n) is 13.2. The number of unbranched alkanes of at least 4 members (excludes halogenated alkanes) is 4. The fourth-order valence-electron chi connectivity index (χ4n) is 4.71. The topological polar surface area (TPSA) is 0 Å². The summed E-state index contributed by atoms with van der Waals surface area (Å²) >= 11 is 0. The van der Waals surface area contributed by atoms with Crippen molar-refractivity contribution in [3.8, 4) is 0 Å². The molecule has 2 rings (SSSR count). The van der Waals surface area contributed by atoms with Crippen LogP contribution in [0.2, 0.25) is 0 Å². The maximum Gasteiger partial charge on any atom is -0.0161 e. The number of aryl methyl sites for hydroxylation is 2. The number of rotatable bonds is 15. The molecule has 0 saturated carbocycles. The molecule has 0 aliphatic heterocycles. The van der Waals surface area contributed by atoms with Crippen molar-refractivity contribution >= 4 is 18.5 Å². The predicted octanol–water partition coefficient (Wildman–Crippen LogP) is 8.51. The molecule has 0 atom stereocenters. The van der Waals surface area contributed by atoms with E-state index < -0.39 is 0 Å². The van der Waals surface area contributed by atoms with Crippen LogP contribution < -0.4 is 10.6 Å². The summed E-state index contributed by atoms with van der Waals surface area (Å²) < 4.78 is 0. The van der Waals surface area contributed by atoms with Crippen molar-refractivity contribution in [2.45, 2.75) is 112 Å². The van der Waals surface area contributed by atoms with Crippen LogP contribution >= 0.6 is 7.92 Å². The van der Waals surface area contributed by atoms with Gasteiger partial charge in [-0.2, -0.15) is 0 Å². The maximum absolute atomic E-state index is 2.48. The lowest BCUT2D eigenvalue weighted by Crippen LogP contribution is -2.23. The fourth-order valence-corrected chi connectivity index (χ4v) is 7.34. The Morgan fingerprint density at radius 1 is 0.516 bits per heavy atom. The average molecular weight is 439 g/mol. The molecule has 0 bridgehead atoms. The molecule has 0 spiro atoms. The van der Waals surface area contributed by atoms with Crippen molar-refractivity contribution in [1.29, 1.82) is 0 Å². The highest BCUT2D eigenvalue weighted by Gasteiger charge is 2.21. The number of hydrogen-bond donors (Lipinski definition) is 0. The van der Waals surface area contributed by atoms with Crippen LogP contribution in [0.3, 0.4) is 0 Å². The van der Waals surface area contributed by atoms with Crippen molar-refractivity contribution in [3.05, 3.63) is 58.7 Å². The van der Waals surface area contributed by atoms with Gasteiger partial charge in [-0.25, -0.2) is 0 Å². The lowest BCUT2D eigenvalue weighted by molar-refractivity contribution is 0.760. The van der Waals surface area contributed by atoms with Crippen LogP contribution in [0.4, 0.5) is 0 Å². The Balaban J connectivity index is 2.55. The lowest BCUT2D eigenvalue weighted by Gasteiger charge is -2.26. The zero-order chi connectivity index (χ0) is 22.5. The lowest BCUT2D eigenvalue weighted by atomic mass is 9.97. The number of benzene rings is 2. The maximum atomic E-state index is 2.48. The van der Waals surface area contributed by atoms with E-state index in [-0.39, 0.29) is 7.92 Å². The Morgan fingerprint density at radius 3 is 1.26 bits per heavy atom. The SMILES string of the molecule is CCCCc1cccc(P(CC)c2cccc(CCCC)c2CCCC)c1CCCC. The van der Waals surface area contributed by atoms with Gasteiger partial charge in [0.25, 0.3) is 0 Å². The number of hydrogen-bond acceptors (Lipinski definition) is 0. The molecule has 0 saturated heterocycles. The van der Waals surface area contributed by atoms with Gasteiger partial charge in [-0.05, 0) is 98.3 Å². The van der Waals surface area contributed by atoms with Gasteiger partial charge in [0.15, 0.2) is 0 Å². The van der Waals surface area contributed by atoms with E-state index in [0.717, 1.165) is 0 Å². The van der Waals surface area contributed by atoms with Gasteiger partial charge in [0.1, 0.15) is 0 Å².